The Morgan fingerprint density at radius 2 is 1.75 bits per heavy atom. The number of carboxylic acid groups (broad SMARTS) is 1. The number of benzene rings is 1. The fourth-order valence-corrected chi connectivity index (χ4v) is 3.70. The van der Waals surface area contributed by atoms with E-state index in [0.29, 0.717) is 21.4 Å². The molecule has 0 amide bonds. The molecule has 0 bridgehead atoms. The third kappa shape index (κ3) is 3.31. The minimum Gasteiger partial charge on any atom is -0.481 e. The van der Waals surface area contributed by atoms with Gasteiger partial charge in [0.25, 0.3) is 0 Å². The van der Waals surface area contributed by atoms with Crippen molar-refractivity contribution in [2.45, 2.75) is 47.1 Å². The topological polar surface area (TPSA) is 59.3 Å². The molecule has 0 unspecified atom stereocenters. The monoisotopic (exact) mass is 391 g/mol. The van der Waals surface area contributed by atoms with Gasteiger partial charge in [-0.25, -0.2) is 0 Å². The molecular weight excluding hydrogens is 370 g/mol. The quantitative estimate of drug-likeness (QED) is 0.756. The smallest absolute Gasteiger partial charge is 0.309 e. The van der Waals surface area contributed by atoms with E-state index in [1.165, 1.54) is 0 Å². The lowest BCUT2D eigenvalue weighted by Gasteiger charge is -2.18. The normalized spacial score (nSPS) is 11.1. The van der Waals surface area contributed by atoms with Crippen molar-refractivity contribution >= 4 is 27.7 Å². The molecule has 5 heteroatoms. The van der Waals surface area contributed by atoms with Gasteiger partial charge in [-0.2, -0.15) is 0 Å². The lowest BCUT2D eigenvalue weighted by Crippen LogP contribution is -2.18. The Labute approximate surface area is 150 Å². The van der Waals surface area contributed by atoms with Crippen LogP contribution in [0.15, 0.2) is 22.7 Å². The molecule has 1 aromatic heterocycles. The molecule has 1 N–H and O–H groups in total. The van der Waals surface area contributed by atoms with Crippen LogP contribution in [0.1, 0.15) is 58.3 Å². The van der Waals surface area contributed by atoms with Gasteiger partial charge in [0.05, 0.1) is 6.42 Å². The van der Waals surface area contributed by atoms with Crippen molar-refractivity contribution in [3.63, 3.8) is 0 Å². The summed E-state index contributed by atoms with van der Waals surface area (Å²) in [6.45, 7) is 9.76. The van der Waals surface area contributed by atoms with Crippen LogP contribution in [-0.2, 0) is 11.2 Å². The molecule has 2 rings (SSSR count). The summed E-state index contributed by atoms with van der Waals surface area (Å²) in [6, 6.07) is 5.68. The van der Waals surface area contributed by atoms with E-state index in [4.69, 9.17) is 5.11 Å². The van der Waals surface area contributed by atoms with Gasteiger partial charge in [0.2, 0.25) is 5.78 Å². The summed E-state index contributed by atoms with van der Waals surface area (Å²) in [4.78, 5) is 24.4. The SMILES string of the molecule is Cc1ccc(C)c(C(=O)c2c(Br)cc(CC(=O)O)n2C(C)C)c1C. The lowest BCUT2D eigenvalue weighted by molar-refractivity contribution is -0.136. The fourth-order valence-electron chi connectivity index (χ4n) is 3.06. The summed E-state index contributed by atoms with van der Waals surface area (Å²) in [5.74, 6) is -0.991. The Hall–Kier alpha value is -1.88. The summed E-state index contributed by atoms with van der Waals surface area (Å²) >= 11 is 3.46. The van der Waals surface area contributed by atoms with Crippen molar-refractivity contribution in [1.29, 1.82) is 0 Å². The zero-order valence-corrected chi connectivity index (χ0v) is 16.2. The van der Waals surface area contributed by atoms with Gasteiger partial charge in [-0.05, 0) is 73.3 Å². The fraction of sp³-hybridized carbons (Fsp3) is 0.368. The van der Waals surface area contributed by atoms with Crippen LogP contribution in [0.2, 0.25) is 0 Å². The number of hydrogen-bond donors (Lipinski definition) is 1. The molecule has 0 spiro atoms. The molecule has 0 aliphatic heterocycles. The summed E-state index contributed by atoms with van der Waals surface area (Å²) in [6.07, 6.45) is -0.115. The predicted octanol–water partition coefficient (Wildman–Crippen LogP) is 4.61. The van der Waals surface area contributed by atoms with Gasteiger partial charge < -0.3 is 9.67 Å². The largest absolute Gasteiger partial charge is 0.481 e. The van der Waals surface area contributed by atoms with Gasteiger partial charge in [0.15, 0.2) is 0 Å². The minimum absolute atomic E-state index is 0.0185. The van der Waals surface area contributed by atoms with Gasteiger partial charge in [-0.3, -0.25) is 9.59 Å². The summed E-state index contributed by atoms with van der Waals surface area (Å²) in [5.41, 5.74) is 4.77. The van der Waals surface area contributed by atoms with Crippen molar-refractivity contribution in [1.82, 2.24) is 4.57 Å². The summed E-state index contributed by atoms with van der Waals surface area (Å²) in [7, 11) is 0. The first kappa shape index (κ1) is 18.5. The summed E-state index contributed by atoms with van der Waals surface area (Å²) < 4.78 is 2.46. The van der Waals surface area contributed by atoms with E-state index in [1.54, 1.807) is 6.07 Å². The average Bonchev–Trinajstić information content (AvgIpc) is 2.78. The van der Waals surface area contributed by atoms with E-state index in [2.05, 4.69) is 15.9 Å². The molecule has 4 nitrogen and oxygen atoms in total. The third-order valence-electron chi connectivity index (χ3n) is 4.30. The number of rotatable bonds is 5. The zero-order chi connectivity index (χ0) is 18.2. The Bertz CT molecular complexity index is 819. The molecule has 24 heavy (non-hydrogen) atoms. The molecule has 0 saturated heterocycles. The second kappa shape index (κ2) is 6.93. The highest BCUT2D eigenvalue weighted by molar-refractivity contribution is 9.10. The maximum absolute atomic E-state index is 13.3. The molecule has 1 aromatic carbocycles. The van der Waals surface area contributed by atoms with Crippen LogP contribution < -0.4 is 0 Å². The van der Waals surface area contributed by atoms with Gasteiger partial charge in [-0.1, -0.05) is 12.1 Å². The van der Waals surface area contributed by atoms with E-state index < -0.39 is 5.97 Å². The number of halogens is 1. The van der Waals surface area contributed by atoms with E-state index in [0.717, 1.165) is 16.7 Å². The van der Waals surface area contributed by atoms with Crippen molar-refractivity contribution in [3.8, 4) is 0 Å². The van der Waals surface area contributed by atoms with Crippen molar-refractivity contribution in [3.05, 3.63) is 56.3 Å². The molecular formula is C19H22BrNO3. The Morgan fingerprint density at radius 1 is 1.17 bits per heavy atom. The lowest BCUT2D eigenvalue weighted by atomic mass is 9.94. The first-order valence-electron chi connectivity index (χ1n) is 7.88. The van der Waals surface area contributed by atoms with Crippen LogP contribution >= 0.6 is 15.9 Å². The van der Waals surface area contributed by atoms with Gasteiger partial charge in [-0.15, -0.1) is 0 Å². The number of ketones is 1. The zero-order valence-electron chi connectivity index (χ0n) is 14.6. The van der Waals surface area contributed by atoms with Crippen LogP contribution in [-0.4, -0.2) is 21.4 Å². The van der Waals surface area contributed by atoms with E-state index in [1.807, 2.05) is 51.3 Å². The molecule has 0 aliphatic carbocycles. The second-order valence-electron chi connectivity index (χ2n) is 6.39. The molecule has 0 aliphatic rings. The molecule has 0 radical (unpaired) electrons. The molecule has 128 valence electrons. The van der Waals surface area contributed by atoms with Crippen molar-refractivity contribution in [2.75, 3.05) is 0 Å². The number of carbonyl (C=O) groups excluding carboxylic acids is 1. The predicted molar refractivity (Wildman–Crippen MR) is 97.9 cm³/mol. The number of aliphatic carboxylic acids is 1. The van der Waals surface area contributed by atoms with E-state index in [9.17, 15) is 9.59 Å². The van der Waals surface area contributed by atoms with Gasteiger partial charge in [0.1, 0.15) is 5.69 Å². The van der Waals surface area contributed by atoms with Crippen LogP contribution in [0.5, 0.6) is 0 Å². The number of aromatic nitrogens is 1. The Kier molecular flexibility index (Phi) is 5.33. The van der Waals surface area contributed by atoms with Gasteiger partial charge >= 0.3 is 5.97 Å². The highest BCUT2D eigenvalue weighted by Gasteiger charge is 2.26. The number of aryl methyl sites for hydroxylation is 2. The third-order valence-corrected chi connectivity index (χ3v) is 4.91. The van der Waals surface area contributed by atoms with Crippen LogP contribution in [0.4, 0.5) is 0 Å². The van der Waals surface area contributed by atoms with Crippen LogP contribution in [0, 0.1) is 20.8 Å². The minimum atomic E-state index is -0.913. The number of nitrogens with zero attached hydrogens (tertiary/aromatic N) is 1. The average molecular weight is 392 g/mol. The van der Waals surface area contributed by atoms with Crippen LogP contribution in [0.25, 0.3) is 0 Å². The molecule has 2 aromatic rings. The van der Waals surface area contributed by atoms with Crippen molar-refractivity contribution < 1.29 is 14.7 Å². The summed E-state index contributed by atoms with van der Waals surface area (Å²) in [5, 5.41) is 9.14. The Balaban J connectivity index is 2.69. The molecule has 1 heterocycles. The van der Waals surface area contributed by atoms with Gasteiger partial charge in [0, 0.05) is 21.8 Å². The highest BCUT2D eigenvalue weighted by Crippen LogP contribution is 2.30. The second-order valence-corrected chi connectivity index (χ2v) is 7.25. The molecule has 0 saturated carbocycles. The van der Waals surface area contributed by atoms with Crippen LogP contribution in [0.3, 0.4) is 0 Å². The maximum atomic E-state index is 13.3. The molecule has 0 atom stereocenters. The standard InChI is InChI=1S/C19H22BrNO3/c1-10(2)21-14(9-16(22)23)8-15(20)18(21)19(24)17-12(4)7-6-11(3)13(17)5/h6-8,10H,9H2,1-5H3,(H,22,23). The van der Waals surface area contributed by atoms with E-state index in [-0.39, 0.29) is 18.2 Å². The van der Waals surface area contributed by atoms with Crippen molar-refractivity contribution in [2.24, 2.45) is 0 Å². The molecule has 0 fully saturated rings. The highest BCUT2D eigenvalue weighted by atomic mass is 79.9. The first-order valence-corrected chi connectivity index (χ1v) is 8.67. The number of carboxylic acids is 1. The maximum Gasteiger partial charge on any atom is 0.309 e. The van der Waals surface area contributed by atoms with E-state index >= 15 is 0 Å². The Morgan fingerprint density at radius 3 is 2.29 bits per heavy atom. The number of carbonyl (C=O) groups is 2. The first-order chi connectivity index (χ1) is 11.1. The number of hydrogen-bond acceptors (Lipinski definition) is 2.